The van der Waals surface area contributed by atoms with Crippen LogP contribution in [-0.4, -0.2) is 41.7 Å². The molecule has 7 nitrogen and oxygen atoms in total. The Labute approximate surface area is 196 Å². The van der Waals surface area contributed by atoms with E-state index in [0.717, 1.165) is 10.4 Å². The van der Waals surface area contributed by atoms with Crippen LogP contribution in [0.25, 0.3) is 0 Å². The number of ether oxygens (including phenoxy) is 2. The minimum Gasteiger partial charge on any atom is -0.488 e. The number of nitrogens with zero attached hydrogens (tertiary/aromatic N) is 1. The van der Waals surface area contributed by atoms with Crippen molar-refractivity contribution in [3.63, 3.8) is 0 Å². The minimum absolute atomic E-state index is 0.0298. The average molecular weight is 493 g/mol. The lowest BCUT2D eigenvalue weighted by Crippen LogP contribution is -2.26. The molecular formula is C23H22ClFN2O5S. The topological polar surface area (TPSA) is 84.9 Å². The Morgan fingerprint density at radius 1 is 1.06 bits per heavy atom. The Morgan fingerprint density at radius 3 is 2.52 bits per heavy atom. The monoisotopic (exact) mass is 492 g/mol. The molecule has 0 spiro atoms. The van der Waals surface area contributed by atoms with Crippen molar-refractivity contribution in [3.05, 3.63) is 83.1 Å². The van der Waals surface area contributed by atoms with Crippen LogP contribution in [0.3, 0.4) is 0 Å². The largest absolute Gasteiger partial charge is 0.488 e. The molecule has 0 aliphatic rings. The van der Waals surface area contributed by atoms with E-state index in [9.17, 15) is 17.6 Å². The zero-order chi connectivity index (χ0) is 24.0. The number of carbonyl (C=O) groups excluding carboxylic acids is 1. The van der Waals surface area contributed by atoms with Gasteiger partial charge >= 0.3 is 0 Å². The van der Waals surface area contributed by atoms with Gasteiger partial charge in [-0.2, -0.15) is 0 Å². The maximum Gasteiger partial charge on any atom is 0.264 e. The Morgan fingerprint density at radius 2 is 1.82 bits per heavy atom. The summed E-state index contributed by atoms with van der Waals surface area (Å²) in [6.45, 7) is 0.494. The fourth-order valence-corrected chi connectivity index (χ4v) is 4.32. The second kappa shape index (κ2) is 10.7. The Bertz CT molecular complexity index is 1250. The number of benzene rings is 3. The molecule has 1 N–H and O–H groups in total. The molecule has 3 aromatic carbocycles. The van der Waals surface area contributed by atoms with Crippen LogP contribution in [-0.2, 0) is 14.8 Å². The van der Waals surface area contributed by atoms with E-state index < -0.39 is 21.7 Å². The van der Waals surface area contributed by atoms with Crippen molar-refractivity contribution in [2.24, 2.45) is 0 Å². The van der Waals surface area contributed by atoms with Crippen molar-refractivity contribution < 1.29 is 27.1 Å². The Kier molecular flexibility index (Phi) is 7.91. The number of amides is 1. The van der Waals surface area contributed by atoms with E-state index in [1.807, 2.05) is 0 Å². The molecule has 0 aromatic heterocycles. The summed E-state index contributed by atoms with van der Waals surface area (Å²) in [5, 5.41) is 2.95. The summed E-state index contributed by atoms with van der Waals surface area (Å²) >= 11 is 5.97. The summed E-state index contributed by atoms with van der Waals surface area (Å²) in [5.74, 6) is -1.21. The molecule has 0 radical (unpaired) electrons. The number of halogens is 2. The van der Waals surface area contributed by atoms with Gasteiger partial charge in [-0.3, -0.25) is 9.10 Å². The van der Waals surface area contributed by atoms with Gasteiger partial charge < -0.3 is 14.8 Å². The van der Waals surface area contributed by atoms with E-state index in [-0.39, 0.29) is 28.5 Å². The maximum atomic E-state index is 14.2. The van der Waals surface area contributed by atoms with Crippen molar-refractivity contribution in [2.75, 3.05) is 37.0 Å². The molecule has 1 amide bonds. The van der Waals surface area contributed by atoms with E-state index in [2.05, 4.69) is 5.32 Å². The number of anilines is 2. The number of hydrogen-bond donors (Lipinski definition) is 1. The van der Waals surface area contributed by atoms with Gasteiger partial charge in [-0.25, -0.2) is 12.8 Å². The van der Waals surface area contributed by atoms with Gasteiger partial charge in [0.2, 0.25) is 0 Å². The molecule has 174 valence electrons. The SMILES string of the molecule is COCCOc1ccc(NC(=O)c2cccc(S(=O)(=O)N(C)c3cccc(Cl)c3)c2)cc1F. The molecule has 0 bridgehead atoms. The van der Waals surface area contributed by atoms with Gasteiger partial charge in [0.15, 0.2) is 11.6 Å². The molecule has 0 fully saturated rings. The molecule has 0 unspecified atom stereocenters. The van der Waals surface area contributed by atoms with Gasteiger partial charge in [-0.1, -0.05) is 23.7 Å². The molecule has 10 heteroatoms. The standard InChI is InChI=1S/C23H22ClFN2O5S/c1-27(19-7-4-6-17(24)14-19)33(29,30)20-8-3-5-16(13-20)23(28)26-18-9-10-22(21(25)15-18)32-12-11-31-2/h3-10,13-15H,11-12H2,1-2H3,(H,26,28). The normalized spacial score (nSPS) is 11.2. The molecule has 0 heterocycles. The molecular weight excluding hydrogens is 471 g/mol. The van der Waals surface area contributed by atoms with Crippen molar-refractivity contribution in [1.29, 1.82) is 0 Å². The van der Waals surface area contributed by atoms with Crippen LogP contribution in [0.4, 0.5) is 15.8 Å². The first-order valence-corrected chi connectivity index (χ1v) is 11.6. The summed E-state index contributed by atoms with van der Waals surface area (Å²) in [6.07, 6.45) is 0. The first kappa shape index (κ1) is 24.5. The van der Waals surface area contributed by atoms with E-state index in [1.165, 1.54) is 56.6 Å². The van der Waals surface area contributed by atoms with Crippen molar-refractivity contribution in [1.82, 2.24) is 0 Å². The highest BCUT2D eigenvalue weighted by atomic mass is 35.5. The molecule has 3 rings (SSSR count). The third-order valence-electron chi connectivity index (χ3n) is 4.66. The highest BCUT2D eigenvalue weighted by Gasteiger charge is 2.23. The van der Waals surface area contributed by atoms with Crippen molar-refractivity contribution in [3.8, 4) is 5.75 Å². The van der Waals surface area contributed by atoms with E-state index >= 15 is 0 Å². The van der Waals surface area contributed by atoms with E-state index in [0.29, 0.717) is 17.3 Å². The minimum atomic E-state index is -3.95. The van der Waals surface area contributed by atoms with Crippen LogP contribution in [0.2, 0.25) is 5.02 Å². The fraction of sp³-hybridized carbons (Fsp3) is 0.174. The van der Waals surface area contributed by atoms with Gasteiger partial charge in [0.1, 0.15) is 6.61 Å². The summed E-state index contributed by atoms with van der Waals surface area (Å²) < 4.78 is 51.5. The predicted octanol–water partition coefficient (Wildman–Crippen LogP) is 4.58. The molecule has 0 saturated carbocycles. The highest BCUT2D eigenvalue weighted by Crippen LogP contribution is 2.26. The van der Waals surface area contributed by atoms with Crippen LogP contribution < -0.4 is 14.4 Å². The summed E-state index contributed by atoms with van der Waals surface area (Å²) in [4.78, 5) is 12.6. The first-order chi connectivity index (χ1) is 15.7. The second-order valence-electron chi connectivity index (χ2n) is 6.92. The van der Waals surface area contributed by atoms with Crippen LogP contribution >= 0.6 is 11.6 Å². The summed E-state index contributed by atoms with van der Waals surface area (Å²) in [5.41, 5.74) is 0.665. The van der Waals surface area contributed by atoms with Crippen LogP contribution in [0.5, 0.6) is 5.75 Å². The van der Waals surface area contributed by atoms with Crippen LogP contribution in [0, 0.1) is 5.82 Å². The molecule has 0 aliphatic heterocycles. The Balaban J connectivity index is 1.77. The third-order valence-corrected chi connectivity index (χ3v) is 6.68. The first-order valence-electron chi connectivity index (χ1n) is 9.79. The fourth-order valence-electron chi connectivity index (χ4n) is 2.90. The second-order valence-corrected chi connectivity index (χ2v) is 9.33. The van der Waals surface area contributed by atoms with Gasteiger partial charge in [0.05, 0.1) is 17.2 Å². The summed E-state index contributed by atoms with van der Waals surface area (Å²) in [6, 6.07) is 16.0. The number of carbonyl (C=O) groups is 1. The van der Waals surface area contributed by atoms with Crippen molar-refractivity contribution in [2.45, 2.75) is 4.90 Å². The quantitative estimate of drug-likeness (QED) is 0.442. The highest BCUT2D eigenvalue weighted by molar-refractivity contribution is 7.92. The zero-order valence-corrected chi connectivity index (χ0v) is 19.5. The van der Waals surface area contributed by atoms with Gasteiger partial charge in [0.25, 0.3) is 15.9 Å². The van der Waals surface area contributed by atoms with Crippen LogP contribution in [0.1, 0.15) is 10.4 Å². The van der Waals surface area contributed by atoms with Crippen LogP contribution in [0.15, 0.2) is 71.6 Å². The number of rotatable bonds is 9. The summed E-state index contributed by atoms with van der Waals surface area (Å²) in [7, 11) is -1.05. The van der Waals surface area contributed by atoms with Gasteiger partial charge in [-0.15, -0.1) is 0 Å². The number of hydrogen-bond acceptors (Lipinski definition) is 5. The number of sulfonamides is 1. The Hall–Kier alpha value is -3.14. The average Bonchev–Trinajstić information content (AvgIpc) is 2.80. The van der Waals surface area contributed by atoms with E-state index in [4.69, 9.17) is 21.1 Å². The van der Waals surface area contributed by atoms with Gasteiger partial charge in [-0.05, 0) is 48.5 Å². The third kappa shape index (κ3) is 6.01. The number of methoxy groups -OCH3 is 1. The molecule has 33 heavy (non-hydrogen) atoms. The predicted molar refractivity (Wildman–Crippen MR) is 125 cm³/mol. The molecule has 0 saturated heterocycles. The van der Waals surface area contributed by atoms with E-state index in [1.54, 1.807) is 18.2 Å². The lowest BCUT2D eigenvalue weighted by molar-refractivity contribution is 0.102. The molecule has 3 aromatic rings. The lowest BCUT2D eigenvalue weighted by Gasteiger charge is -2.20. The lowest BCUT2D eigenvalue weighted by atomic mass is 10.2. The molecule has 0 atom stereocenters. The molecule has 0 aliphatic carbocycles. The van der Waals surface area contributed by atoms with Crippen molar-refractivity contribution >= 4 is 38.9 Å². The number of nitrogens with one attached hydrogen (secondary N) is 1. The maximum absolute atomic E-state index is 14.2. The zero-order valence-electron chi connectivity index (χ0n) is 17.9. The van der Waals surface area contributed by atoms with Gasteiger partial charge in [0, 0.05) is 36.5 Å². The smallest absolute Gasteiger partial charge is 0.264 e.